The lowest BCUT2D eigenvalue weighted by molar-refractivity contribution is -0.0650. The molecule has 0 fully saturated rings. The molecule has 1 aliphatic rings. The van der Waals surface area contributed by atoms with Gasteiger partial charge in [0.15, 0.2) is 11.5 Å². The molecule has 1 unspecified atom stereocenters. The van der Waals surface area contributed by atoms with Crippen LogP contribution in [0.3, 0.4) is 0 Å². The third-order valence-corrected chi connectivity index (χ3v) is 2.92. The van der Waals surface area contributed by atoms with E-state index >= 15 is 0 Å². The highest BCUT2D eigenvalue weighted by molar-refractivity contribution is 5.87. The largest absolute Gasteiger partial charge is 0.476 e. The van der Waals surface area contributed by atoms with E-state index in [0.29, 0.717) is 24.4 Å². The van der Waals surface area contributed by atoms with Crippen molar-refractivity contribution in [1.82, 2.24) is 5.16 Å². The van der Waals surface area contributed by atoms with E-state index in [4.69, 9.17) is 14.4 Å². The molecule has 0 aliphatic carbocycles. The van der Waals surface area contributed by atoms with Gasteiger partial charge in [-0.3, -0.25) is 0 Å². The number of ether oxygens (including phenoxy) is 1. The van der Waals surface area contributed by atoms with Crippen molar-refractivity contribution in [2.75, 3.05) is 0 Å². The molecule has 0 saturated heterocycles. The molecule has 15 heavy (non-hydrogen) atoms. The van der Waals surface area contributed by atoms with Crippen LogP contribution in [0.2, 0.25) is 0 Å². The van der Waals surface area contributed by atoms with Crippen molar-refractivity contribution < 1.29 is 19.2 Å². The van der Waals surface area contributed by atoms with E-state index < -0.39 is 5.97 Å². The van der Waals surface area contributed by atoms with E-state index in [0.717, 1.165) is 6.42 Å². The number of carbonyl (C=O) groups is 1. The van der Waals surface area contributed by atoms with E-state index in [-0.39, 0.29) is 11.3 Å². The summed E-state index contributed by atoms with van der Waals surface area (Å²) >= 11 is 0. The number of rotatable bonds is 2. The summed E-state index contributed by atoms with van der Waals surface area (Å²) in [7, 11) is 0. The second-order valence-electron chi connectivity index (χ2n) is 4.01. The number of fused-ring (bicyclic) bond motifs is 1. The summed E-state index contributed by atoms with van der Waals surface area (Å²) in [4.78, 5) is 10.9. The van der Waals surface area contributed by atoms with Crippen molar-refractivity contribution in [1.29, 1.82) is 0 Å². The molecule has 0 aromatic carbocycles. The SMILES string of the molecule is CCC1(C)Cc2c(C(=O)O)noc2CO1. The topological polar surface area (TPSA) is 72.6 Å². The predicted molar refractivity (Wildman–Crippen MR) is 50.7 cm³/mol. The molecule has 5 nitrogen and oxygen atoms in total. The molecule has 0 bridgehead atoms. The van der Waals surface area contributed by atoms with Gasteiger partial charge in [0.25, 0.3) is 0 Å². The first-order valence-corrected chi connectivity index (χ1v) is 4.90. The molecule has 1 aliphatic heterocycles. The number of nitrogens with zero attached hydrogens (tertiary/aromatic N) is 1. The van der Waals surface area contributed by atoms with Crippen LogP contribution >= 0.6 is 0 Å². The number of carboxylic acids is 1. The van der Waals surface area contributed by atoms with E-state index in [9.17, 15) is 4.79 Å². The van der Waals surface area contributed by atoms with Gasteiger partial charge in [0, 0.05) is 12.0 Å². The zero-order valence-corrected chi connectivity index (χ0v) is 8.74. The monoisotopic (exact) mass is 211 g/mol. The van der Waals surface area contributed by atoms with Crippen LogP contribution in [0.15, 0.2) is 4.52 Å². The van der Waals surface area contributed by atoms with E-state index in [1.807, 2.05) is 13.8 Å². The van der Waals surface area contributed by atoms with Crippen molar-refractivity contribution in [2.24, 2.45) is 0 Å². The number of hydrogen-bond donors (Lipinski definition) is 1. The minimum absolute atomic E-state index is 0.0213. The zero-order chi connectivity index (χ0) is 11.1. The Bertz CT molecular complexity index is 398. The number of aromatic nitrogens is 1. The lowest BCUT2D eigenvalue weighted by Crippen LogP contribution is -2.34. The van der Waals surface area contributed by atoms with Gasteiger partial charge in [-0.15, -0.1) is 0 Å². The summed E-state index contributed by atoms with van der Waals surface area (Å²) in [5, 5.41) is 12.5. The van der Waals surface area contributed by atoms with Gasteiger partial charge in [-0.1, -0.05) is 12.1 Å². The minimum atomic E-state index is -1.04. The summed E-state index contributed by atoms with van der Waals surface area (Å²) in [6.07, 6.45) is 1.38. The third-order valence-electron chi connectivity index (χ3n) is 2.92. The molecule has 1 aromatic rings. The maximum atomic E-state index is 10.9. The Morgan fingerprint density at radius 3 is 3.00 bits per heavy atom. The Morgan fingerprint density at radius 1 is 1.67 bits per heavy atom. The van der Waals surface area contributed by atoms with Crippen molar-refractivity contribution in [3.05, 3.63) is 17.0 Å². The Morgan fingerprint density at radius 2 is 2.40 bits per heavy atom. The van der Waals surface area contributed by atoms with Crippen LogP contribution in [-0.2, 0) is 17.8 Å². The average molecular weight is 211 g/mol. The highest BCUT2D eigenvalue weighted by atomic mass is 16.5. The highest BCUT2D eigenvalue weighted by Gasteiger charge is 2.35. The normalized spacial score (nSPS) is 24.9. The van der Waals surface area contributed by atoms with E-state index in [1.165, 1.54) is 0 Å². The molecular weight excluding hydrogens is 198 g/mol. The van der Waals surface area contributed by atoms with Gasteiger partial charge in [-0.05, 0) is 13.3 Å². The van der Waals surface area contributed by atoms with Crippen LogP contribution in [0.25, 0.3) is 0 Å². The quantitative estimate of drug-likeness (QED) is 0.804. The lowest BCUT2D eigenvalue weighted by Gasteiger charge is -2.31. The van der Waals surface area contributed by atoms with Gasteiger partial charge in [0.05, 0.1) is 5.60 Å². The van der Waals surface area contributed by atoms with Crippen molar-refractivity contribution in [3.8, 4) is 0 Å². The van der Waals surface area contributed by atoms with Crippen LogP contribution in [0.5, 0.6) is 0 Å². The van der Waals surface area contributed by atoms with Crippen molar-refractivity contribution in [2.45, 2.75) is 38.9 Å². The van der Waals surface area contributed by atoms with Crippen LogP contribution in [-0.4, -0.2) is 21.8 Å². The van der Waals surface area contributed by atoms with Crippen molar-refractivity contribution >= 4 is 5.97 Å². The number of aromatic carboxylic acids is 1. The Balaban J connectivity index is 2.38. The standard InChI is InChI=1S/C10H13NO4/c1-3-10(2)4-6-7(5-14-10)15-11-8(6)9(12)13/h3-5H2,1-2H3,(H,12,13). The van der Waals surface area contributed by atoms with Gasteiger partial charge < -0.3 is 14.4 Å². The van der Waals surface area contributed by atoms with Crippen molar-refractivity contribution in [3.63, 3.8) is 0 Å². The van der Waals surface area contributed by atoms with Gasteiger partial charge in [0.2, 0.25) is 0 Å². The third kappa shape index (κ3) is 1.63. The van der Waals surface area contributed by atoms with Crippen LogP contribution in [0.1, 0.15) is 42.1 Å². The second-order valence-corrected chi connectivity index (χ2v) is 4.01. The molecule has 2 heterocycles. The Hall–Kier alpha value is -1.36. The molecule has 1 atom stereocenters. The van der Waals surface area contributed by atoms with E-state index in [2.05, 4.69) is 5.16 Å². The molecule has 0 amide bonds. The summed E-state index contributed by atoms with van der Waals surface area (Å²) in [6, 6.07) is 0. The number of hydrogen-bond acceptors (Lipinski definition) is 4. The zero-order valence-electron chi connectivity index (χ0n) is 8.74. The molecular formula is C10H13NO4. The first-order valence-electron chi connectivity index (χ1n) is 4.90. The van der Waals surface area contributed by atoms with E-state index in [1.54, 1.807) is 0 Å². The molecule has 0 radical (unpaired) electrons. The first-order chi connectivity index (χ1) is 7.06. The maximum Gasteiger partial charge on any atom is 0.358 e. The fourth-order valence-corrected chi connectivity index (χ4v) is 1.70. The maximum absolute atomic E-state index is 10.9. The summed E-state index contributed by atoms with van der Waals surface area (Å²) in [5.41, 5.74) is 0.397. The smallest absolute Gasteiger partial charge is 0.358 e. The van der Waals surface area contributed by atoms with Gasteiger partial charge in [-0.25, -0.2) is 4.79 Å². The van der Waals surface area contributed by atoms with Crippen LogP contribution in [0.4, 0.5) is 0 Å². The van der Waals surface area contributed by atoms with Crippen LogP contribution < -0.4 is 0 Å². The lowest BCUT2D eigenvalue weighted by atomic mass is 9.90. The van der Waals surface area contributed by atoms with Gasteiger partial charge in [0.1, 0.15) is 6.61 Å². The van der Waals surface area contributed by atoms with Gasteiger partial charge >= 0.3 is 5.97 Å². The molecule has 0 spiro atoms. The predicted octanol–water partition coefficient (Wildman–Crippen LogP) is 1.61. The average Bonchev–Trinajstić information content (AvgIpc) is 2.60. The van der Waals surface area contributed by atoms with Gasteiger partial charge in [-0.2, -0.15) is 0 Å². The Labute approximate surface area is 87.0 Å². The van der Waals surface area contributed by atoms with Crippen LogP contribution in [0, 0.1) is 0 Å². The first kappa shape index (κ1) is 10.2. The summed E-state index contributed by atoms with van der Waals surface area (Å²) in [6.45, 7) is 4.29. The molecule has 2 rings (SSSR count). The fourth-order valence-electron chi connectivity index (χ4n) is 1.70. The second kappa shape index (κ2) is 3.34. The molecule has 0 saturated carbocycles. The summed E-state index contributed by atoms with van der Waals surface area (Å²) in [5.74, 6) is -0.501. The fraction of sp³-hybridized carbons (Fsp3) is 0.600. The number of carboxylic acid groups (broad SMARTS) is 1. The summed E-state index contributed by atoms with van der Waals surface area (Å²) < 4.78 is 10.5. The molecule has 5 heteroatoms. The minimum Gasteiger partial charge on any atom is -0.476 e. The Kier molecular flexibility index (Phi) is 2.26. The molecule has 1 N–H and O–H groups in total. The molecule has 1 aromatic heterocycles. The molecule has 82 valence electrons. The highest BCUT2D eigenvalue weighted by Crippen LogP contribution is 2.32.